The van der Waals surface area contributed by atoms with E-state index in [2.05, 4.69) is 25.9 Å². The topological polar surface area (TPSA) is 47.8 Å². The highest BCUT2D eigenvalue weighted by atomic mass is 79.9. The third-order valence-electron chi connectivity index (χ3n) is 2.38. The molecule has 4 nitrogen and oxygen atoms in total. The highest BCUT2D eigenvalue weighted by Crippen LogP contribution is 2.13. The second-order valence-corrected chi connectivity index (χ2v) is 4.08. The molecule has 19 heavy (non-hydrogen) atoms. The van der Waals surface area contributed by atoms with Gasteiger partial charge in [0.15, 0.2) is 0 Å². The fourth-order valence-electron chi connectivity index (χ4n) is 1.57. The molecular formula is C14H22BrN3O. The molecule has 0 aliphatic heterocycles. The van der Waals surface area contributed by atoms with Gasteiger partial charge in [-0.1, -0.05) is 34.6 Å². The van der Waals surface area contributed by atoms with Crippen molar-refractivity contribution in [2.45, 2.75) is 41.0 Å². The van der Waals surface area contributed by atoms with Crippen LogP contribution in [0.2, 0.25) is 0 Å². The summed E-state index contributed by atoms with van der Waals surface area (Å²) in [6, 6.07) is 1.70. The maximum absolute atomic E-state index is 11.7. The molecule has 0 amide bonds. The minimum Gasteiger partial charge on any atom is -0.331 e. The standard InChI is InChI=1S/C10H10BrN3O.2C2H6/c1-3-9-13-10(15)6-4-8(11)12-5-7(6)14(9)2;2*1-2/h4-5H,3H2,1-2H3;2*1-2H3. The molecule has 0 aromatic carbocycles. The van der Waals surface area contributed by atoms with Crippen molar-refractivity contribution in [3.05, 3.63) is 33.0 Å². The van der Waals surface area contributed by atoms with Crippen molar-refractivity contribution in [1.82, 2.24) is 14.5 Å². The summed E-state index contributed by atoms with van der Waals surface area (Å²) in [7, 11) is 1.89. The van der Waals surface area contributed by atoms with E-state index in [0.29, 0.717) is 9.99 Å². The maximum atomic E-state index is 11.7. The molecule has 2 rings (SSSR count). The van der Waals surface area contributed by atoms with Gasteiger partial charge in [-0.25, -0.2) is 4.98 Å². The van der Waals surface area contributed by atoms with Gasteiger partial charge in [0.05, 0.1) is 17.1 Å². The molecule has 2 aromatic rings. The summed E-state index contributed by atoms with van der Waals surface area (Å²) in [5.74, 6) is 0.775. The van der Waals surface area contributed by atoms with Crippen LogP contribution in [0.15, 0.2) is 21.7 Å². The lowest BCUT2D eigenvalue weighted by Gasteiger charge is -2.08. The Hall–Kier alpha value is -1.23. The molecule has 0 aliphatic carbocycles. The summed E-state index contributed by atoms with van der Waals surface area (Å²) in [6.45, 7) is 9.97. The zero-order valence-electron chi connectivity index (χ0n) is 12.5. The Labute approximate surface area is 123 Å². The van der Waals surface area contributed by atoms with Crippen molar-refractivity contribution in [1.29, 1.82) is 0 Å². The Bertz CT molecular complexity index is 579. The Kier molecular flexibility index (Phi) is 8.23. The van der Waals surface area contributed by atoms with Crippen LogP contribution < -0.4 is 5.56 Å². The maximum Gasteiger partial charge on any atom is 0.280 e. The number of pyridine rings is 1. The predicted octanol–water partition coefficient (Wildman–Crippen LogP) is 3.71. The first kappa shape index (κ1) is 17.8. The second kappa shape index (κ2) is 8.80. The van der Waals surface area contributed by atoms with Crippen LogP contribution in [0.5, 0.6) is 0 Å². The molecule has 0 bridgehead atoms. The molecule has 106 valence electrons. The smallest absolute Gasteiger partial charge is 0.280 e. The number of hydrogen-bond donors (Lipinski definition) is 0. The number of halogens is 1. The van der Waals surface area contributed by atoms with E-state index in [1.165, 1.54) is 0 Å². The second-order valence-electron chi connectivity index (χ2n) is 3.27. The molecule has 0 N–H and O–H groups in total. The Morgan fingerprint density at radius 3 is 2.37 bits per heavy atom. The fourth-order valence-corrected chi connectivity index (χ4v) is 1.90. The van der Waals surface area contributed by atoms with E-state index in [1.807, 2.05) is 46.2 Å². The lowest BCUT2D eigenvalue weighted by molar-refractivity contribution is 0.786. The number of aromatic nitrogens is 3. The predicted molar refractivity (Wildman–Crippen MR) is 84.6 cm³/mol. The van der Waals surface area contributed by atoms with Crippen molar-refractivity contribution in [3.63, 3.8) is 0 Å². The quantitative estimate of drug-likeness (QED) is 0.750. The summed E-state index contributed by atoms with van der Waals surface area (Å²) >= 11 is 3.24. The number of nitrogens with zero attached hydrogens (tertiary/aromatic N) is 3. The molecule has 0 saturated carbocycles. The van der Waals surface area contributed by atoms with Gasteiger partial charge >= 0.3 is 0 Å². The lowest BCUT2D eigenvalue weighted by Crippen LogP contribution is -2.16. The van der Waals surface area contributed by atoms with E-state index < -0.39 is 0 Å². The molecule has 5 heteroatoms. The molecule has 0 saturated heterocycles. The summed E-state index contributed by atoms with van der Waals surface area (Å²) in [5, 5.41) is 0.594. The van der Waals surface area contributed by atoms with E-state index in [0.717, 1.165) is 17.8 Å². The Morgan fingerprint density at radius 2 is 1.84 bits per heavy atom. The number of hydrogen-bond acceptors (Lipinski definition) is 3. The van der Waals surface area contributed by atoms with E-state index in [-0.39, 0.29) is 5.56 Å². The highest BCUT2D eigenvalue weighted by Gasteiger charge is 2.07. The van der Waals surface area contributed by atoms with Crippen LogP contribution in [0.1, 0.15) is 40.4 Å². The van der Waals surface area contributed by atoms with Crippen LogP contribution in [0, 0.1) is 0 Å². The van der Waals surface area contributed by atoms with Crippen LogP contribution in [-0.2, 0) is 13.5 Å². The van der Waals surface area contributed by atoms with E-state index in [1.54, 1.807) is 12.3 Å². The zero-order valence-corrected chi connectivity index (χ0v) is 14.1. The van der Waals surface area contributed by atoms with Gasteiger partial charge in [-0.15, -0.1) is 0 Å². The molecule has 0 fully saturated rings. The van der Waals surface area contributed by atoms with Crippen LogP contribution in [-0.4, -0.2) is 14.5 Å². The first-order valence-electron chi connectivity index (χ1n) is 6.64. The largest absolute Gasteiger partial charge is 0.331 e. The molecule has 0 radical (unpaired) electrons. The molecule has 2 aromatic heterocycles. The molecule has 0 unspecified atom stereocenters. The Balaban J connectivity index is 0.000000741. The lowest BCUT2D eigenvalue weighted by atomic mass is 10.3. The van der Waals surface area contributed by atoms with Gasteiger partial charge in [-0.3, -0.25) is 4.79 Å². The average molecular weight is 328 g/mol. The first-order valence-corrected chi connectivity index (χ1v) is 7.44. The third kappa shape index (κ3) is 4.13. The molecular weight excluding hydrogens is 306 g/mol. The monoisotopic (exact) mass is 327 g/mol. The molecule has 0 atom stereocenters. The fraction of sp³-hybridized carbons (Fsp3) is 0.500. The van der Waals surface area contributed by atoms with Crippen molar-refractivity contribution in [2.24, 2.45) is 7.05 Å². The van der Waals surface area contributed by atoms with Crippen LogP contribution in [0.3, 0.4) is 0 Å². The third-order valence-corrected chi connectivity index (χ3v) is 2.81. The van der Waals surface area contributed by atoms with Gasteiger partial charge in [0.1, 0.15) is 10.4 Å². The Morgan fingerprint density at radius 1 is 1.26 bits per heavy atom. The van der Waals surface area contributed by atoms with Crippen molar-refractivity contribution >= 4 is 26.8 Å². The van der Waals surface area contributed by atoms with Crippen LogP contribution in [0.4, 0.5) is 0 Å². The SMILES string of the molecule is CC.CC.CCc1nc(=O)c2cc(Br)ncc2n1C. The normalized spacial score (nSPS) is 9.21. The minimum absolute atomic E-state index is 0.192. The van der Waals surface area contributed by atoms with Gasteiger partial charge in [0.2, 0.25) is 0 Å². The van der Waals surface area contributed by atoms with Crippen LogP contribution >= 0.6 is 15.9 Å². The first-order chi connectivity index (χ1) is 9.13. The highest BCUT2D eigenvalue weighted by molar-refractivity contribution is 9.10. The van der Waals surface area contributed by atoms with E-state index >= 15 is 0 Å². The van der Waals surface area contributed by atoms with Crippen molar-refractivity contribution in [2.75, 3.05) is 0 Å². The number of rotatable bonds is 1. The van der Waals surface area contributed by atoms with E-state index in [4.69, 9.17) is 0 Å². The average Bonchev–Trinajstić information content (AvgIpc) is 2.47. The minimum atomic E-state index is -0.192. The number of aryl methyl sites for hydroxylation is 2. The number of fused-ring (bicyclic) bond motifs is 1. The van der Waals surface area contributed by atoms with Gasteiger partial charge in [0.25, 0.3) is 5.56 Å². The van der Waals surface area contributed by atoms with Gasteiger partial charge in [-0.05, 0) is 22.0 Å². The van der Waals surface area contributed by atoms with Crippen molar-refractivity contribution in [3.8, 4) is 0 Å². The van der Waals surface area contributed by atoms with Crippen molar-refractivity contribution < 1.29 is 0 Å². The zero-order chi connectivity index (χ0) is 15.0. The van der Waals surface area contributed by atoms with E-state index in [9.17, 15) is 4.79 Å². The molecule has 0 aliphatic rings. The van der Waals surface area contributed by atoms with Gasteiger partial charge in [0, 0.05) is 13.5 Å². The summed E-state index contributed by atoms with van der Waals surface area (Å²) in [5.41, 5.74) is 0.623. The summed E-state index contributed by atoms with van der Waals surface area (Å²) in [4.78, 5) is 19.8. The van der Waals surface area contributed by atoms with Crippen LogP contribution in [0.25, 0.3) is 10.9 Å². The van der Waals surface area contributed by atoms with Gasteiger partial charge < -0.3 is 4.57 Å². The molecule has 2 heterocycles. The van der Waals surface area contributed by atoms with Gasteiger partial charge in [-0.2, -0.15) is 4.98 Å². The summed E-state index contributed by atoms with van der Waals surface area (Å²) in [6.07, 6.45) is 2.42. The summed E-state index contributed by atoms with van der Waals surface area (Å²) < 4.78 is 2.55. The molecule has 0 spiro atoms.